The van der Waals surface area contributed by atoms with Crippen LogP contribution < -0.4 is 5.32 Å². The number of nitrogens with zero attached hydrogens (tertiary/aromatic N) is 1. The van der Waals surface area contributed by atoms with Gasteiger partial charge < -0.3 is 5.32 Å². The lowest BCUT2D eigenvalue weighted by atomic mass is 10.1. The van der Waals surface area contributed by atoms with E-state index in [1.165, 1.54) is 4.31 Å². The van der Waals surface area contributed by atoms with Crippen LogP contribution in [0.15, 0.2) is 0 Å². The van der Waals surface area contributed by atoms with E-state index in [0.717, 1.165) is 0 Å². The molecule has 0 saturated carbocycles. The molecule has 9 heteroatoms. The third kappa shape index (κ3) is 4.64. The van der Waals surface area contributed by atoms with Gasteiger partial charge in [-0.1, -0.05) is 6.92 Å². The number of carbonyl (C=O) groups is 1. The zero-order valence-electron chi connectivity index (χ0n) is 10.5. The van der Waals surface area contributed by atoms with Crippen molar-refractivity contribution in [2.24, 2.45) is 0 Å². The largest absolute Gasteiger partial charge is 0.471 e. The van der Waals surface area contributed by atoms with Gasteiger partial charge in [0.15, 0.2) is 0 Å². The zero-order valence-corrected chi connectivity index (χ0v) is 11.4. The second kappa shape index (κ2) is 6.08. The molecule has 0 spiro atoms. The average Bonchev–Trinajstić information content (AvgIpc) is 2.28. The highest BCUT2D eigenvalue weighted by Crippen LogP contribution is 2.18. The summed E-state index contributed by atoms with van der Waals surface area (Å²) in [6.07, 6.45) is -4.01. The highest BCUT2D eigenvalue weighted by atomic mass is 32.2. The summed E-state index contributed by atoms with van der Waals surface area (Å²) in [5.41, 5.74) is 0. The molecule has 19 heavy (non-hydrogen) atoms. The molecule has 1 rings (SSSR count). The van der Waals surface area contributed by atoms with E-state index in [1.807, 2.05) is 5.32 Å². The molecule has 0 atom stereocenters. The second-order valence-electron chi connectivity index (χ2n) is 4.46. The first-order chi connectivity index (χ1) is 8.66. The topological polar surface area (TPSA) is 66.5 Å². The lowest BCUT2D eigenvalue weighted by molar-refractivity contribution is -0.174. The van der Waals surface area contributed by atoms with Crippen LogP contribution in [-0.2, 0) is 14.8 Å². The Morgan fingerprint density at radius 1 is 1.32 bits per heavy atom. The first-order valence-corrected chi connectivity index (χ1v) is 7.63. The van der Waals surface area contributed by atoms with E-state index in [0.29, 0.717) is 6.42 Å². The van der Waals surface area contributed by atoms with Crippen molar-refractivity contribution < 1.29 is 26.4 Å². The van der Waals surface area contributed by atoms with E-state index in [9.17, 15) is 26.4 Å². The molecule has 0 aromatic carbocycles. The fraction of sp³-hybridized carbons (Fsp3) is 0.900. The van der Waals surface area contributed by atoms with Crippen LogP contribution in [0.3, 0.4) is 0 Å². The second-order valence-corrected chi connectivity index (χ2v) is 6.55. The van der Waals surface area contributed by atoms with Crippen LogP contribution in [0.1, 0.15) is 26.2 Å². The number of sulfonamides is 1. The van der Waals surface area contributed by atoms with Gasteiger partial charge in [0.25, 0.3) is 0 Å². The van der Waals surface area contributed by atoms with E-state index in [1.54, 1.807) is 6.92 Å². The monoisotopic (exact) mass is 302 g/mol. The summed E-state index contributed by atoms with van der Waals surface area (Å²) in [4.78, 5) is 10.7. The maximum atomic E-state index is 12.1. The van der Waals surface area contributed by atoms with Crippen LogP contribution in [0, 0.1) is 0 Å². The van der Waals surface area contributed by atoms with Crippen molar-refractivity contribution in [2.75, 3.05) is 18.8 Å². The van der Waals surface area contributed by atoms with Gasteiger partial charge in [-0.3, -0.25) is 4.79 Å². The Balaban J connectivity index is 2.48. The zero-order chi connectivity index (χ0) is 14.7. The molecule has 0 aromatic rings. The first kappa shape index (κ1) is 16.2. The Morgan fingerprint density at radius 2 is 1.84 bits per heavy atom. The Labute approximate surface area is 110 Å². The minimum absolute atomic E-state index is 0.0343. The minimum Gasteiger partial charge on any atom is -0.345 e. The van der Waals surface area contributed by atoms with E-state index < -0.39 is 28.1 Å². The summed E-state index contributed by atoms with van der Waals surface area (Å²) >= 11 is 0. The highest BCUT2D eigenvalue weighted by Gasteiger charge is 2.40. The van der Waals surface area contributed by atoms with Gasteiger partial charge in [0, 0.05) is 19.1 Å². The summed E-state index contributed by atoms with van der Waals surface area (Å²) in [5, 5.41) is 1.88. The van der Waals surface area contributed by atoms with Crippen molar-refractivity contribution in [3.8, 4) is 0 Å². The molecule has 1 fully saturated rings. The van der Waals surface area contributed by atoms with Gasteiger partial charge in [0.2, 0.25) is 10.0 Å². The van der Waals surface area contributed by atoms with E-state index >= 15 is 0 Å². The summed E-state index contributed by atoms with van der Waals surface area (Å²) in [5.74, 6) is -1.94. The quantitative estimate of drug-likeness (QED) is 0.838. The fourth-order valence-corrected chi connectivity index (χ4v) is 3.47. The predicted molar refractivity (Wildman–Crippen MR) is 62.9 cm³/mol. The lowest BCUT2D eigenvalue weighted by Crippen LogP contribution is -2.49. The van der Waals surface area contributed by atoms with Crippen molar-refractivity contribution in [3.63, 3.8) is 0 Å². The summed E-state index contributed by atoms with van der Waals surface area (Å²) in [6, 6.07) is -0.623. The number of piperidine rings is 1. The molecular formula is C10H17F3N2O3S. The molecule has 1 aliphatic heterocycles. The average molecular weight is 302 g/mol. The molecule has 0 bridgehead atoms. The van der Waals surface area contributed by atoms with Crippen LogP contribution in [0.2, 0.25) is 0 Å². The number of halogens is 3. The fourth-order valence-electron chi connectivity index (χ4n) is 1.93. The standard InChI is InChI=1S/C10H17F3N2O3S/c1-2-7-19(17,18)15-5-3-8(4-6-15)14-9(16)10(11,12)13/h8H,2-7H2,1H3,(H,14,16). The Morgan fingerprint density at radius 3 is 2.26 bits per heavy atom. The number of amides is 1. The highest BCUT2D eigenvalue weighted by molar-refractivity contribution is 7.89. The van der Waals surface area contributed by atoms with Gasteiger partial charge in [-0.2, -0.15) is 13.2 Å². The molecule has 1 amide bonds. The van der Waals surface area contributed by atoms with Gasteiger partial charge >= 0.3 is 12.1 Å². The molecule has 1 N–H and O–H groups in total. The third-order valence-corrected chi connectivity index (χ3v) is 4.98. The van der Waals surface area contributed by atoms with Crippen molar-refractivity contribution in [1.82, 2.24) is 9.62 Å². The SMILES string of the molecule is CCCS(=O)(=O)N1CCC(NC(=O)C(F)(F)F)CC1. The number of hydrogen-bond acceptors (Lipinski definition) is 3. The Bertz CT molecular complexity index is 414. The van der Waals surface area contributed by atoms with Crippen LogP contribution >= 0.6 is 0 Å². The van der Waals surface area contributed by atoms with Gasteiger partial charge in [0.1, 0.15) is 0 Å². The Kier molecular flexibility index (Phi) is 5.19. The van der Waals surface area contributed by atoms with Crippen LogP contribution in [-0.4, -0.2) is 49.7 Å². The first-order valence-electron chi connectivity index (χ1n) is 6.02. The molecule has 0 aromatic heterocycles. The molecule has 1 aliphatic rings. The van der Waals surface area contributed by atoms with Crippen LogP contribution in [0.25, 0.3) is 0 Å². The predicted octanol–water partition coefficient (Wildman–Crippen LogP) is 0.869. The van der Waals surface area contributed by atoms with Crippen LogP contribution in [0.4, 0.5) is 13.2 Å². The lowest BCUT2D eigenvalue weighted by Gasteiger charge is -2.31. The molecule has 1 saturated heterocycles. The van der Waals surface area contributed by atoms with Crippen LogP contribution in [0.5, 0.6) is 0 Å². The van der Waals surface area contributed by atoms with Gasteiger partial charge in [-0.15, -0.1) is 0 Å². The smallest absolute Gasteiger partial charge is 0.345 e. The van der Waals surface area contributed by atoms with E-state index in [4.69, 9.17) is 0 Å². The maximum absolute atomic E-state index is 12.1. The van der Waals surface area contributed by atoms with Crippen molar-refractivity contribution in [1.29, 1.82) is 0 Å². The number of hydrogen-bond donors (Lipinski definition) is 1. The maximum Gasteiger partial charge on any atom is 0.471 e. The normalized spacial score (nSPS) is 19.4. The number of alkyl halides is 3. The van der Waals surface area contributed by atoms with E-state index in [-0.39, 0.29) is 31.7 Å². The van der Waals surface area contributed by atoms with Crippen molar-refractivity contribution in [2.45, 2.75) is 38.4 Å². The van der Waals surface area contributed by atoms with E-state index in [2.05, 4.69) is 0 Å². The molecule has 112 valence electrons. The molecule has 0 radical (unpaired) electrons. The third-order valence-electron chi connectivity index (χ3n) is 2.90. The molecule has 0 unspecified atom stereocenters. The van der Waals surface area contributed by atoms with Gasteiger partial charge in [-0.05, 0) is 19.3 Å². The molecule has 1 heterocycles. The minimum atomic E-state index is -4.90. The summed E-state index contributed by atoms with van der Waals surface area (Å²) in [6.45, 7) is 2.03. The molecule has 5 nitrogen and oxygen atoms in total. The summed E-state index contributed by atoms with van der Waals surface area (Å²) < 4.78 is 60.9. The van der Waals surface area contributed by atoms with Gasteiger partial charge in [-0.25, -0.2) is 12.7 Å². The van der Waals surface area contributed by atoms with Crippen molar-refractivity contribution in [3.05, 3.63) is 0 Å². The Hall–Kier alpha value is -0.830. The number of nitrogens with one attached hydrogen (secondary N) is 1. The summed E-state index contributed by atoms with van der Waals surface area (Å²) in [7, 11) is -3.32. The molecule has 0 aliphatic carbocycles. The number of carbonyl (C=O) groups excluding carboxylic acids is 1. The van der Waals surface area contributed by atoms with Gasteiger partial charge in [0.05, 0.1) is 5.75 Å². The number of rotatable bonds is 4. The van der Waals surface area contributed by atoms with Crippen molar-refractivity contribution >= 4 is 15.9 Å². The molecular weight excluding hydrogens is 285 g/mol.